The maximum absolute atomic E-state index is 12.5. The highest BCUT2D eigenvalue weighted by molar-refractivity contribution is 8.01. The first-order valence-electron chi connectivity index (χ1n) is 9.27. The van der Waals surface area contributed by atoms with Crippen LogP contribution >= 0.6 is 11.8 Å². The first kappa shape index (κ1) is 23.6. The van der Waals surface area contributed by atoms with Gasteiger partial charge in [0.15, 0.2) is 0 Å². The number of nitrogens with one attached hydrogen (secondary N) is 1. The molecule has 1 aromatic rings. The third-order valence-electron chi connectivity index (χ3n) is 4.73. The van der Waals surface area contributed by atoms with E-state index in [1.165, 1.54) is 0 Å². The summed E-state index contributed by atoms with van der Waals surface area (Å²) >= 11 is 0.926. The van der Waals surface area contributed by atoms with Crippen molar-refractivity contribution in [3.8, 4) is 0 Å². The SMILES string of the molecule is CCSC1(C(=O)O)CC(O)C(NC(=O)Cc2ccccc2)C([C@H](O)[C@H](O)CO)O1. The molecule has 4 unspecified atom stereocenters. The first-order chi connectivity index (χ1) is 13.7. The summed E-state index contributed by atoms with van der Waals surface area (Å²) in [6.45, 7) is 0.912. The van der Waals surface area contributed by atoms with E-state index in [0.717, 1.165) is 17.3 Å². The molecule has 6 atom stereocenters. The van der Waals surface area contributed by atoms with E-state index in [1.54, 1.807) is 37.3 Å². The zero-order chi connectivity index (χ0) is 21.6. The molecule has 162 valence electrons. The zero-order valence-corrected chi connectivity index (χ0v) is 16.8. The normalized spacial score (nSPS) is 29.1. The summed E-state index contributed by atoms with van der Waals surface area (Å²) in [7, 11) is 0. The number of carbonyl (C=O) groups excluding carboxylic acids is 1. The summed E-state index contributed by atoms with van der Waals surface area (Å²) in [6.07, 6.45) is -6.50. The Morgan fingerprint density at radius 1 is 1.31 bits per heavy atom. The van der Waals surface area contributed by atoms with Crippen LogP contribution in [0.15, 0.2) is 30.3 Å². The number of thioether (sulfide) groups is 1. The number of rotatable bonds is 9. The van der Waals surface area contributed by atoms with Gasteiger partial charge >= 0.3 is 5.97 Å². The summed E-state index contributed by atoms with van der Waals surface area (Å²) in [4.78, 5) is 22.5. The first-order valence-corrected chi connectivity index (χ1v) is 10.3. The third kappa shape index (κ3) is 5.68. The fourth-order valence-electron chi connectivity index (χ4n) is 3.29. The second-order valence-corrected chi connectivity index (χ2v) is 8.37. The summed E-state index contributed by atoms with van der Waals surface area (Å²) in [5.41, 5.74) is 0.727. The molecule has 2 rings (SSSR count). The van der Waals surface area contributed by atoms with Gasteiger partial charge in [0, 0.05) is 6.42 Å². The van der Waals surface area contributed by atoms with Crippen LogP contribution in [0.3, 0.4) is 0 Å². The minimum atomic E-state index is -1.85. The molecule has 0 saturated carbocycles. The number of amides is 1. The lowest BCUT2D eigenvalue weighted by molar-refractivity contribution is -0.205. The molecule has 29 heavy (non-hydrogen) atoms. The average Bonchev–Trinajstić information content (AvgIpc) is 2.69. The largest absolute Gasteiger partial charge is 0.478 e. The molecule has 0 spiro atoms. The van der Waals surface area contributed by atoms with Crippen LogP contribution < -0.4 is 5.32 Å². The second kappa shape index (κ2) is 10.4. The molecule has 6 N–H and O–H groups in total. The van der Waals surface area contributed by atoms with Gasteiger partial charge in [-0.05, 0) is 11.3 Å². The molecule has 1 amide bonds. The summed E-state index contributed by atoms with van der Waals surface area (Å²) < 4.78 is 5.66. The van der Waals surface area contributed by atoms with Crippen LogP contribution in [0.25, 0.3) is 0 Å². The van der Waals surface area contributed by atoms with Crippen molar-refractivity contribution >= 4 is 23.6 Å². The molecule has 0 bridgehead atoms. The molecule has 1 aromatic carbocycles. The molecule has 1 fully saturated rings. The number of aliphatic hydroxyl groups excluding tert-OH is 4. The fraction of sp³-hybridized carbons (Fsp3) is 0.579. The van der Waals surface area contributed by atoms with Gasteiger partial charge in [-0.2, -0.15) is 0 Å². The number of carbonyl (C=O) groups is 2. The zero-order valence-electron chi connectivity index (χ0n) is 16.0. The van der Waals surface area contributed by atoms with Crippen molar-refractivity contribution in [3.63, 3.8) is 0 Å². The number of hydrogen-bond acceptors (Lipinski definition) is 8. The Morgan fingerprint density at radius 2 is 1.97 bits per heavy atom. The van der Waals surface area contributed by atoms with Crippen molar-refractivity contribution in [1.29, 1.82) is 0 Å². The van der Waals surface area contributed by atoms with E-state index >= 15 is 0 Å². The van der Waals surface area contributed by atoms with E-state index in [2.05, 4.69) is 5.32 Å². The number of carboxylic acid groups (broad SMARTS) is 1. The fourth-order valence-corrected chi connectivity index (χ4v) is 4.35. The van der Waals surface area contributed by atoms with Crippen molar-refractivity contribution in [2.75, 3.05) is 12.4 Å². The van der Waals surface area contributed by atoms with Gasteiger partial charge in [-0.3, -0.25) is 4.79 Å². The lowest BCUT2D eigenvalue weighted by Gasteiger charge is -2.46. The topological polar surface area (TPSA) is 157 Å². The van der Waals surface area contributed by atoms with E-state index in [-0.39, 0.29) is 12.8 Å². The minimum absolute atomic E-state index is 0.00319. The molecule has 0 aliphatic carbocycles. The standard InChI is InChI=1S/C19H27NO8S/c1-2-29-19(18(26)27)9-12(22)15(17(28-19)16(25)13(23)10-21)20-14(24)8-11-6-4-3-5-7-11/h3-7,12-13,15-17,21-23,25H,2,8-10H2,1H3,(H,20,24)(H,26,27)/t12?,13-,15?,16-,17?,19?/m1/s1. The Kier molecular flexibility index (Phi) is 8.44. The Morgan fingerprint density at radius 3 is 2.52 bits per heavy atom. The molecular weight excluding hydrogens is 402 g/mol. The molecular formula is C19H27NO8S. The highest BCUT2D eigenvalue weighted by Gasteiger charge is 2.54. The van der Waals surface area contributed by atoms with Crippen LogP contribution in [0.2, 0.25) is 0 Å². The van der Waals surface area contributed by atoms with E-state index in [4.69, 9.17) is 4.74 Å². The summed E-state index contributed by atoms with van der Waals surface area (Å²) in [5.74, 6) is -1.45. The van der Waals surface area contributed by atoms with E-state index < -0.39 is 53.9 Å². The van der Waals surface area contributed by atoms with Gasteiger partial charge in [0.2, 0.25) is 10.8 Å². The van der Waals surface area contributed by atoms with Crippen LogP contribution in [0.5, 0.6) is 0 Å². The van der Waals surface area contributed by atoms with E-state index in [9.17, 15) is 35.1 Å². The van der Waals surface area contributed by atoms with Crippen molar-refractivity contribution in [2.24, 2.45) is 0 Å². The van der Waals surface area contributed by atoms with Crippen LogP contribution in [0.4, 0.5) is 0 Å². The molecule has 10 heteroatoms. The predicted octanol–water partition coefficient (Wildman–Crippen LogP) is -0.888. The number of hydrogen-bond donors (Lipinski definition) is 6. The molecule has 9 nitrogen and oxygen atoms in total. The average molecular weight is 429 g/mol. The van der Waals surface area contributed by atoms with Gasteiger partial charge in [-0.15, -0.1) is 11.8 Å². The molecule has 0 aromatic heterocycles. The van der Waals surface area contributed by atoms with E-state index in [1.807, 2.05) is 0 Å². The van der Waals surface area contributed by atoms with Crippen molar-refractivity contribution in [3.05, 3.63) is 35.9 Å². The monoisotopic (exact) mass is 429 g/mol. The minimum Gasteiger partial charge on any atom is -0.478 e. The highest BCUT2D eigenvalue weighted by atomic mass is 32.2. The molecule has 1 aliphatic rings. The van der Waals surface area contributed by atoms with Gasteiger partial charge in [0.05, 0.1) is 25.2 Å². The number of carboxylic acids is 1. The Hall–Kier alpha value is -1.69. The van der Waals surface area contributed by atoms with Crippen LogP contribution in [0.1, 0.15) is 18.9 Å². The van der Waals surface area contributed by atoms with Crippen molar-refractivity contribution < 1.29 is 39.9 Å². The van der Waals surface area contributed by atoms with Crippen LogP contribution in [-0.2, 0) is 20.7 Å². The van der Waals surface area contributed by atoms with Crippen molar-refractivity contribution in [1.82, 2.24) is 5.32 Å². The number of aliphatic hydroxyl groups is 4. The van der Waals surface area contributed by atoms with Gasteiger partial charge in [0.1, 0.15) is 18.3 Å². The lowest BCUT2D eigenvalue weighted by atomic mass is 9.89. The summed E-state index contributed by atoms with van der Waals surface area (Å²) in [6, 6.07) is 7.68. The summed E-state index contributed by atoms with van der Waals surface area (Å²) in [5, 5.41) is 52.3. The van der Waals surface area contributed by atoms with Gasteiger partial charge in [0.25, 0.3) is 0 Å². The van der Waals surface area contributed by atoms with Crippen molar-refractivity contribution in [2.45, 2.75) is 55.2 Å². The van der Waals surface area contributed by atoms with Gasteiger partial charge in [-0.25, -0.2) is 4.79 Å². The highest BCUT2D eigenvalue weighted by Crippen LogP contribution is 2.40. The van der Waals surface area contributed by atoms with Crippen LogP contribution in [-0.4, -0.2) is 85.2 Å². The second-order valence-electron chi connectivity index (χ2n) is 6.84. The smallest absolute Gasteiger partial charge is 0.346 e. The van der Waals surface area contributed by atoms with E-state index in [0.29, 0.717) is 5.75 Å². The van der Waals surface area contributed by atoms with Gasteiger partial charge < -0.3 is 35.6 Å². The third-order valence-corrected chi connectivity index (χ3v) is 5.92. The maximum Gasteiger partial charge on any atom is 0.346 e. The number of benzene rings is 1. The number of ether oxygens (including phenoxy) is 1. The molecule has 1 saturated heterocycles. The predicted molar refractivity (Wildman–Crippen MR) is 105 cm³/mol. The maximum atomic E-state index is 12.5. The van der Waals surface area contributed by atoms with Crippen LogP contribution in [0, 0.1) is 0 Å². The molecule has 1 heterocycles. The lowest BCUT2D eigenvalue weighted by Crippen LogP contribution is -2.66. The molecule has 1 aliphatic heterocycles. The van der Waals surface area contributed by atoms with Gasteiger partial charge in [-0.1, -0.05) is 37.3 Å². The Labute approximate surface area is 172 Å². The number of aliphatic carboxylic acids is 1. The quantitative estimate of drug-likeness (QED) is 0.293. The Bertz CT molecular complexity index is 690. The Balaban J connectivity index is 2.25. The molecule has 0 radical (unpaired) electrons.